The molecule has 5 heteroatoms. The number of benzene rings is 1. The Bertz CT molecular complexity index is 923. The lowest BCUT2D eigenvalue weighted by Crippen LogP contribution is -2.41. The molecule has 1 aliphatic carbocycles. The molecule has 172 valence electrons. The normalized spacial score (nSPS) is 23.7. The first-order valence-corrected chi connectivity index (χ1v) is 13.4. The fourth-order valence-electron chi connectivity index (χ4n) is 5.92. The number of amides is 1. The molecule has 0 bridgehead atoms. The van der Waals surface area contributed by atoms with Crippen LogP contribution in [0.4, 0.5) is 0 Å². The smallest absolute Gasteiger partial charge is 0.264 e. The van der Waals surface area contributed by atoms with Crippen molar-refractivity contribution in [3.05, 3.63) is 46.3 Å². The van der Waals surface area contributed by atoms with Crippen molar-refractivity contribution in [3.63, 3.8) is 0 Å². The number of hydrogen-bond donors (Lipinski definition) is 1. The maximum atomic E-state index is 12.9. The first-order valence-electron chi connectivity index (χ1n) is 12.6. The molecule has 32 heavy (non-hydrogen) atoms. The van der Waals surface area contributed by atoms with Gasteiger partial charge in [-0.2, -0.15) is 0 Å². The first kappa shape index (κ1) is 22.1. The second-order valence-corrected chi connectivity index (χ2v) is 11.2. The molecule has 1 aromatic carbocycles. The molecule has 5 rings (SSSR count). The molecule has 1 aromatic heterocycles. The van der Waals surface area contributed by atoms with E-state index in [1.54, 1.807) is 11.3 Å². The monoisotopic (exact) mass is 451 g/mol. The Labute approximate surface area is 196 Å². The molecule has 1 saturated carbocycles. The Morgan fingerprint density at radius 2 is 1.69 bits per heavy atom. The van der Waals surface area contributed by atoms with Gasteiger partial charge in [0.05, 0.1) is 4.88 Å². The van der Waals surface area contributed by atoms with Gasteiger partial charge in [0.2, 0.25) is 0 Å². The Morgan fingerprint density at radius 1 is 0.969 bits per heavy atom. The highest BCUT2D eigenvalue weighted by molar-refractivity contribution is 7.17. The van der Waals surface area contributed by atoms with Crippen molar-refractivity contribution in [1.82, 2.24) is 9.80 Å². The molecule has 4 nitrogen and oxygen atoms in total. The Morgan fingerprint density at radius 3 is 2.34 bits per heavy atom. The van der Waals surface area contributed by atoms with Gasteiger partial charge in [0.25, 0.3) is 5.91 Å². The zero-order valence-electron chi connectivity index (χ0n) is 19.4. The van der Waals surface area contributed by atoms with E-state index in [-0.39, 0.29) is 11.9 Å². The van der Waals surface area contributed by atoms with E-state index in [1.165, 1.54) is 74.0 Å². The highest BCUT2D eigenvalue weighted by atomic mass is 32.1. The summed E-state index contributed by atoms with van der Waals surface area (Å²) in [6.45, 7) is 6.03. The number of thiophene rings is 1. The van der Waals surface area contributed by atoms with Gasteiger partial charge in [-0.25, -0.2) is 0 Å². The van der Waals surface area contributed by atoms with Gasteiger partial charge in [0, 0.05) is 30.1 Å². The third-order valence-electron chi connectivity index (χ3n) is 7.91. The van der Waals surface area contributed by atoms with E-state index >= 15 is 0 Å². The van der Waals surface area contributed by atoms with Crippen LogP contribution in [0.5, 0.6) is 0 Å². The minimum absolute atomic E-state index is 0.126. The van der Waals surface area contributed by atoms with Crippen LogP contribution in [0.3, 0.4) is 0 Å². The minimum Gasteiger partial charge on any atom is -0.336 e. The molecular formula is C27H37N3OS. The SMILES string of the molecule is Cc1cc(-c2ccc(C3CCN(C4CCCCC4)CC3)cc2)sc1C(=O)N1CC[C@H](N)C1. The van der Waals surface area contributed by atoms with E-state index in [4.69, 9.17) is 5.73 Å². The van der Waals surface area contributed by atoms with Gasteiger partial charge in [0.15, 0.2) is 0 Å². The van der Waals surface area contributed by atoms with Gasteiger partial charge in [-0.05, 0) is 80.8 Å². The summed E-state index contributed by atoms with van der Waals surface area (Å²) < 4.78 is 0. The van der Waals surface area contributed by atoms with Crippen LogP contribution in [-0.4, -0.2) is 54.0 Å². The summed E-state index contributed by atoms with van der Waals surface area (Å²) in [6, 6.07) is 12.3. The highest BCUT2D eigenvalue weighted by Crippen LogP contribution is 2.36. The lowest BCUT2D eigenvalue weighted by Gasteiger charge is -2.39. The molecule has 0 unspecified atom stereocenters. The van der Waals surface area contributed by atoms with E-state index in [1.807, 2.05) is 4.90 Å². The van der Waals surface area contributed by atoms with Crippen LogP contribution in [0.15, 0.2) is 30.3 Å². The van der Waals surface area contributed by atoms with Gasteiger partial charge in [-0.1, -0.05) is 43.5 Å². The maximum Gasteiger partial charge on any atom is 0.264 e. The van der Waals surface area contributed by atoms with E-state index in [0.717, 1.165) is 29.4 Å². The predicted molar refractivity (Wildman–Crippen MR) is 133 cm³/mol. The minimum atomic E-state index is 0.126. The van der Waals surface area contributed by atoms with Gasteiger partial charge in [-0.3, -0.25) is 4.79 Å². The number of carbonyl (C=O) groups excluding carboxylic acids is 1. The van der Waals surface area contributed by atoms with Crippen LogP contribution in [0.25, 0.3) is 10.4 Å². The summed E-state index contributed by atoms with van der Waals surface area (Å²) in [4.78, 5) is 19.7. The molecule has 3 fully saturated rings. The summed E-state index contributed by atoms with van der Waals surface area (Å²) in [7, 11) is 0. The molecule has 1 atom stereocenters. The molecule has 1 amide bonds. The summed E-state index contributed by atoms with van der Waals surface area (Å²) in [5.74, 6) is 0.832. The largest absolute Gasteiger partial charge is 0.336 e. The lowest BCUT2D eigenvalue weighted by atomic mass is 9.86. The predicted octanol–water partition coefficient (Wildman–Crippen LogP) is 5.41. The van der Waals surface area contributed by atoms with Crippen LogP contribution < -0.4 is 5.73 Å². The molecular weight excluding hydrogens is 414 g/mol. The third-order valence-corrected chi connectivity index (χ3v) is 9.19. The molecule has 2 saturated heterocycles. The molecule has 2 aromatic rings. The molecule has 0 spiro atoms. The average Bonchev–Trinajstić information content (AvgIpc) is 3.45. The third kappa shape index (κ3) is 4.66. The molecule has 3 heterocycles. The number of hydrogen-bond acceptors (Lipinski definition) is 4. The van der Waals surface area contributed by atoms with Gasteiger partial charge < -0.3 is 15.5 Å². The van der Waals surface area contributed by atoms with Crippen molar-refractivity contribution >= 4 is 17.2 Å². The zero-order valence-corrected chi connectivity index (χ0v) is 20.2. The first-order chi connectivity index (χ1) is 15.6. The van der Waals surface area contributed by atoms with Gasteiger partial charge in [0.1, 0.15) is 0 Å². The Hall–Kier alpha value is -1.69. The summed E-state index contributed by atoms with van der Waals surface area (Å²) in [5.41, 5.74) is 9.78. The quantitative estimate of drug-likeness (QED) is 0.676. The zero-order chi connectivity index (χ0) is 22.1. The molecule has 2 aliphatic heterocycles. The summed E-state index contributed by atoms with van der Waals surface area (Å²) in [5, 5.41) is 0. The van der Waals surface area contributed by atoms with Crippen molar-refractivity contribution in [2.75, 3.05) is 26.2 Å². The highest BCUT2D eigenvalue weighted by Gasteiger charge is 2.28. The van der Waals surface area contributed by atoms with E-state index in [9.17, 15) is 4.79 Å². The Kier molecular flexibility index (Phi) is 6.68. The number of nitrogens with zero attached hydrogens (tertiary/aromatic N) is 2. The topological polar surface area (TPSA) is 49.6 Å². The van der Waals surface area contributed by atoms with Crippen molar-refractivity contribution in [2.24, 2.45) is 5.73 Å². The van der Waals surface area contributed by atoms with Crippen LogP contribution in [-0.2, 0) is 0 Å². The standard InChI is InChI=1S/C27H37N3OS/c1-19-17-25(32-26(19)27(31)30-16-13-23(28)18-30)22-9-7-20(8-10-22)21-11-14-29(15-12-21)24-5-3-2-4-6-24/h7-10,17,21,23-24H,2-6,11-16,18,28H2,1H3/t23-/m0/s1. The second-order valence-electron chi connectivity index (χ2n) is 10.1. The van der Waals surface area contributed by atoms with Crippen LogP contribution in [0, 0.1) is 6.92 Å². The van der Waals surface area contributed by atoms with Crippen molar-refractivity contribution in [1.29, 1.82) is 0 Å². The average molecular weight is 452 g/mol. The van der Waals surface area contributed by atoms with Gasteiger partial charge >= 0.3 is 0 Å². The van der Waals surface area contributed by atoms with Crippen molar-refractivity contribution < 1.29 is 4.79 Å². The molecule has 0 radical (unpaired) electrons. The number of nitrogens with two attached hydrogens (primary N) is 1. The lowest BCUT2D eigenvalue weighted by molar-refractivity contribution is 0.0795. The number of carbonyl (C=O) groups is 1. The van der Waals surface area contributed by atoms with Gasteiger partial charge in [-0.15, -0.1) is 11.3 Å². The van der Waals surface area contributed by atoms with Crippen molar-refractivity contribution in [2.45, 2.75) is 76.3 Å². The van der Waals surface area contributed by atoms with E-state index < -0.39 is 0 Å². The molecule has 2 N–H and O–H groups in total. The van der Waals surface area contributed by atoms with Crippen LogP contribution in [0.1, 0.15) is 78.1 Å². The number of aryl methyl sites for hydroxylation is 1. The number of piperidine rings is 1. The second kappa shape index (κ2) is 9.66. The maximum absolute atomic E-state index is 12.9. The van der Waals surface area contributed by atoms with E-state index in [0.29, 0.717) is 12.5 Å². The summed E-state index contributed by atoms with van der Waals surface area (Å²) in [6.07, 6.45) is 10.6. The van der Waals surface area contributed by atoms with Crippen LogP contribution >= 0.6 is 11.3 Å². The number of rotatable bonds is 4. The molecule has 3 aliphatic rings. The number of likely N-dealkylation sites (tertiary alicyclic amines) is 2. The van der Waals surface area contributed by atoms with Crippen LogP contribution in [0.2, 0.25) is 0 Å². The summed E-state index contributed by atoms with van der Waals surface area (Å²) >= 11 is 1.63. The fraction of sp³-hybridized carbons (Fsp3) is 0.593. The van der Waals surface area contributed by atoms with E-state index in [2.05, 4.69) is 42.2 Å². The fourth-order valence-corrected chi connectivity index (χ4v) is 7.06. The van der Waals surface area contributed by atoms with Crippen molar-refractivity contribution in [3.8, 4) is 10.4 Å². The Balaban J connectivity index is 1.22.